The fourth-order valence-corrected chi connectivity index (χ4v) is 5.06. The molecule has 6 heteroatoms. The Bertz CT molecular complexity index is 1180. The van der Waals surface area contributed by atoms with E-state index < -0.39 is 0 Å². The van der Waals surface area contributed by atoms with Crippen LogP contribution in [0.4, 0.5) is 5.69 Å². The van der Waals surface area contributed by atoms with Crippen LogP contribution < -0.4 is 9.64 Å². The molecule has 3 heterocycles. The molecule has 0 saturated carbocycles. The molecule has 32 heavy (non-hydrogen) atoms. The minimum Gasteiger partial charge on any atom is -0.492 e. The summed E-state index contributed by atoms with van der Waals surface area (Å²) in [6.07, 6.45) is 1.76. The second kappa shape index (κ2) is 8.42. The van der Waals surface area contributed by atoms with Crippen LogP contribution in [0.25, 0.3) is 10.9 Å². The highest BCUT2D eigenvalue weighted by Gasteiger charge is 2.39. The molecular formula is C26H29N5O. The third kappa shape index (κ3) is 3.68. The van der Waals surface area contributed by atoms with E-state index in [1.807, 2.05) is 12.1 Å². The zero-order valence-electron chi connectivity index (χ0n) is 19.0. The molecule has 3 aromatic rings. The van der Waals surface area contributed by atoms with Crippen LogP contribution in [0.1, 0.15) is 29.7 Å². The van der Waals surface area contributed by atoms with Crippen LogP contribution in [0.2, 0.25) is 0 Å². The van der Waals surface area contributed by atoms with Crippen LogP contribution in [-0.2, 0) is 6.54 Å². The molecule has 6 nitrogen and oxygen atoms in total. The quantitative estimate of drug-likeness (QED) is 0.617. The van der Waals surface area contributed by atoms with Crippen LogP contribution in [0, 0.1) is 11.3 Å². The number of hydrogen-bond donors (Lipinski definition) is 0. The van der Waals surface area contributed by atoms with Crippen molar-refractivity contribution in [2.75, 3.05) is 45.2 Å². The number of nitrogens with zero attached hydrogens (tertiary/aromatic N) is 5. The van der Waals surface area contributed by atoms with E-state index in [1.54, 1.807) is 6.20 Å². The lowest BCUT2D eigenvalue weighted by atomic mass is 10.00. The maximum atomic E-state index is 9.49. The molecule has 0 spiro atoms. The molecule has 0 amide bonds. The number of anilines is 1. The number of hydrogen-bond acceptors (Lipinski definition) is 6. The fourth-order valence-electron chi connectivity index (χ4n) is 5.06. The molecule has 2 aliphatic rings. The summed E-state index contributed by atoms with van der Waals surface area (Å²) in [4.78, 5) is 11.7. The number of pyridine rings is 1. The van der Waals surface area contributed by atoms with Crippen LogP contribution in [-0.4, -0.2) is 61.2 Å². The van der Waals surface area contributed by atoms with Crippen LogP contribution in [0.5, 0.6) is 5.75 Å². The smallest absolute Gasteiger partial charge is 0.119 e. The molecule has 0 radical (unpaired) electrons. The van der Waals surface area contributed by atoms with Crippen LogP contribution >= 0.6 is 0 Å². The topological polar surface area (TPSA) is 55.6 Å². The lowest BCUT2D eigenvalue weighted by molar-refractivity contribution is 0.134. The highest BCUT2D eigenvalue weighted by molar-refractivity contribution is 5.95. The molecule has 0 aliphatic carbocycles. The van der Waals surface area contributed by atoms with Gasteiger partial charge < -0.3 is 14.5 Å². The highest BCUT2D eigenvalue weighted by Crippen LogP contribution is 2.42. The molecule has 164 valence electrons. The van der Waals surface area contributed by atoms with E-state index in [0.29, 0.717) is 24.3 Å². The maximum Gasteiger partial charge on any atom is 0.119 e. The summed E-state index contributed by atoms with van der Waals surface area (Å²) >= 11 is 0. The van der Waals surface area contributed by atoms with Crippen molar-refractivity contribution in [1.29, 1.82) is 5.26 Å². The van der Waals surface area contributed by atoms with Crippen molar-refractivity contribution in [3.63, 3.8) is 0 Å². The van der Waals surface area contributed by atoms with Gasteiger partial charge in [0.15, 0.2) is 0 Å². The van der Waals surface area contributed by atoms with Crippen molar-refractivity contribution in [1.82, 2.24) is 14.8 Å². The van der Waals surface area contributed by atoms with Crippen molar-refractivity contribution in [2.45, 2.75) is 25.6 Å². The number of fused-ring (bicyclic) bond motifs is 4. The van der Waals surface area contributed by atoms with Gasteiger partial charge in [0.25, 0.3) is 0 Å². The SMILES string of the molecule is C[C@@H]1CN(c2ccc(C#N)c3ncccc23)C[C@@H]2c3ccc(OCCN(C)C)cc3CN12. The predicted octanol–water partition coefficient (Wildman–Crippen LogP) is 3.81. The molecular weight excluding hydrogens is 398 g/mol. The molecule has 1 aromatic heterocycles. The van der Waals surface area contributed by atoms with Crippen molar-refractivity contribution >= 4 is 16.6 Å². The summed E-state index contributed by atoms with van der Waals surface area (Å²) in [5.41, 5.74) is 5.35. The minimum absolute atomic E-state index is 0.354. The summed E-state index contributed by atoms with van der Waals surface area (Å²) < 4.78 is 5.98. The standard InChI is InChI=1S/C26H29N5O/c1-18-15-30(24-9-6-19(14-27)26-23(24)5-4-10-28-26)17-25-22-8-7-21(32-12-11-29(2)3)13-20(22)16-31(18)25/h4-10,13,18,25H,11-12,15-17H2,1-3H3/t18-,25-/m1/s1. The number of ether oxygens (including phenoxy) is 1. The molecule has 1 saturated heterocycles. The Morgan fingerprint density at radius 1 is 1.19 bits per heavy atom. The lowest BCUT2D eigenvalue weighted by Gasteiger charge is -2.43. The Kier molecular flexibility index (Phi) is 5.46. The first-order valence-electron chi connectivity index (χ1n) is 11.2. The average molecular weight is 428 g/mol. The Labute approximate surface area is 189 Å². The van der Waals surface area contributed by atoms with E-state index in [4.69, 9.17) is 4.74 Å². The van der Waals surface area contributed by atoms with E-state index in [0.717, 1.165) is 48.5 Å². The zero-order valence-corrected chi connectivity index (χ0v) is 19.0. The van der Waals surface area contributed by atoms with Gasteiger partial charge in [-0.2, -0.15) is 5.26 Å². The van der Waals surface area contributed by atoms with Gasteiger partial charge >= 0.3 is 0 Å². The summed E-state index contributed by atoms with van der Waals surface area (Å²) in [6, 6.07) is 17.7. The number of aromatic nitrogens is 1. The first-order chi connectivity index (χ1) is 15.5. The van der Waals surface area contributed by atoms with Gasteiger partial charge in [-0.1, -0.05) is 6.07 Å². The first-order valence-corrected chi connectivity index (χ1v) is 11.2. The number of nitriles is 1. The number of benzene rings is 2. The minimum atomic E-state index is 0.354. The van der Waals surface area contributed by atoms with Gasteiger partial charge in [0.2, 0.25) is 0 Å². The summed E-state index contributed by atoms with van der Waals surface area (Å²) in [6.45, 7) is 6.76. The van der Waals surface area contributed by atoms with E-state index in [2.05, 4.69) is 77.1 Å². The summed E-state index contributed by atoms with van der Waals surface area (Å²) in [5, 5.41) is 10.5. The molecule has 0 bridgehead atoms. The molecule has 2 atom stereocenters. The first kappa shape index (κ1) is 20.7. The van der Waals surface area contributed by atoms with E-state index >= 15 is 0 Å². The molecule has 0 unspecified atom stereocenters. The van der Waals surface area contributed by atoms with Gasteiger partial charge in [-0.25, -0.2) is 0 Å². The van der Waals surface area contributed by atoms with Crippen molar-refractivity contribution in [2.24, 2.45) is 0 Å². The largest absolute Gasteiger partial charge is 0.492 e. The Balaban J connectivity index is 1.42. The van der Waals surface area contributed by atoms with E-state index in [1.165, 1.54) is 11.1 Å². The third-order valence-electron chi connectivity index (χ3n) is 6.69. The maximum absolute atomic E-state index is 9.49. The third-order valence-corrected chi connectivity index (χ3v) is 6.69. The van der Waals surface area contributed by atoms with Gasteiger partial charge in [-0.05, 0) is 68.5 Å². The number of rotatable bonds is 5. The van der Waals surface area contributed by atoms with E-state index in [-0.39, 0.29) is 0 Å². The van der Waals surface area contributed by atoms with Gasteiger partial charge in [-0.15, -0.1) is 0 Å². The second-order valence-corrected chi connectivity index (χ2v) is 9.10. The van der Waals surface area contributed by atoms with Gasteiger partial charge in [0.05, 0.1) is 17.1 Å². The van der Waals surface area contributed by atoms with Gasteiger partial charge in [-0.3, -0.25) is 9.88 Å². The Morgan fingerprint density at radius 3 is 2.88 bits per heavy atom. The van der Waals surface area contributed by atoms with Crippen LogP contribution in [0.15, 0.2) is 48.7 Å². The lowest BCUT2D eigenvalue weighted by Crippen LogP contribution is -2.51. The van der Waals surface area contributed by atoms with Crippen molar-refractivity contribution in [3.05, 3.63) is 65.4 Å². The molecule has 5 rings (SSSR count). The Hall–Kier alpha value is -3.14. The highest BCUT2D eigenvalue weighted by atomic mass is 16.5. The van der Waals surface area contributed by atoms with Crippen LogP contribution in [0.3, 0.4) is 0 Å². The zero-order chi connectivity index (χ0) is 22.2. The molecule has 2 aliphatic heterocycles. The normalized spacial score (nSPS) is 20.3. The number of likely N-dealkylation sites (N-methyl/N-ethyl adjacent to an activating group) is 1. The molecule has 2 aromatic carbocycles. The average Bonchev–Trinajstić information content (AvgIpc) is 3.16. The summed E-state index contributed by atoms with van der Waals surface area (Å²) in [7, 11) is 4.12. The second-order valence-electron chi connectivity index (χ2n) is 9.10. The molecule has 0 N–H and O–H groups in total. The predicted molar refractivity (Wildman–Crippen MR) is 127 cm³/mol. The Morgan fingerprint density at radius 2 is 2.06 bits per heavy atom. The fraction of sp³-hybridized carbons (Fsp3) is 0.385. The monoisotopic (exact) mass is 427 g/mol. The number of piperazine rings is 1. The van der Waals surface area contributed by atoms with Crippen molar-refractivity contribution < 1.29 is 4.74 Å². The molecule has 1 fully saturated rings. The van der Waals surface area contributed by atoms with Gasteiger partial charge in [0, 0.05) is 49.5 Å². The summed E-state index contributed by atoms with van der Waals surface area (Å²) in [5.74, 6) is 0.958. The van der Waals surface area contributed by atoms with E-state index in [9.17, 15) is 5.26 Å². The van der Waals surface area contributed by atoms with Crippen molar-refractivity contribution in [3.8, 4) is 11.8 Å². The van der Waals surface area contributed by atoms with Gasteiger partial charge in [0.1, 0.15) is 18.4 Å².